The molecule has 86 valence electrons. The number of nitrogens with one attached hydrogen (secondary N) is 1. The van der Waals surface area contributed by atoms with Gasteiger partial charge in [-0.1, -0.05) is 0 Å². The molecule has 0 aliphatic heterocycles. The summed E-state index contributed by atoms with van der Waals surface area (Å²) in [5.74, 6) is -0.443. The second-order valence-electron chi connectivity index (χ2n) is 3.10. The third kappa shape index (κ3) is 3.06. The Morgan fingerprint density at radius 2 is 2.00 bits per heavy atom. The van der Waals surface area contributed by atoms with Crippen molar-refractivity contribution in [1.82, 2.24) is 0 Å². The molecule has 1 rings (SSSR count). The van der Waals surface area contributed by atoms with E-state index in [1.54, 1.807) is 25.1 Å². The fraction of sp³-hybridized carbons (Fsp3) is 0.0909. The summed E-state index contributed by atoms with van der Waals surface area (Å²) < 4.78 is 14.2. The molecule has 0 amide bonds. The first-order valence-electron chi connectivity index (χ1n) is 4.42. The Morgan fingerprint density at radius 3 is 2.53 bits per heavy atom. The lowest BCUT2D eigenvalue weighted by molar-refractivity contribution is 0.614. The monoisotopic (exact) mass is 357 g/mol. The molecule has 0 bridgehead atoms. The summed E-state index contributed by atoms with van der Waals surface area (Å²) in [6.45, 7) is 1.78. The van der Waals surface area contributed by atoms with Crippen molar-refractivity contribution in [2.24, 2.45) is 0 Å². The Morgan fingerprint density at radius 1 is 1.41 bits per heavy atom. The highest BCUT2D eigenvalue weighted by Crippen LogP contribution is 2.34. The van der Waals surface area contributed by atoms with Gasteiger partial charge >= 0.3 is 0 Å². The molecule has 0 saturated carbocycles. The number of benzene rings is 1. The van der Waals surface area contributed by atoms with E-state index < -0.39 is 5.82 Å². The van der Waals surface area contributed by atoms with Crippen LogP contribution in [0.5, 0.6) is 0 Å². The molecule has 0 aromatic heterocycles. The van der Waals surface area contributed by atoms with Crippen molar-refractivity contribution in [3.8, 4) is 12.1 Å². The van der Waals surface area contributed by atoms with Crippen molar-refractivity contribution in [2.45, 2.75) is 6.92 Å². The first-order chi connectivity index (χ1) is 8.01. The number of anilines is 1. The van der Waals surface area contributed by atoms with Crippen LogP contribution in [0.2, 0.25) is 0 Å². The number of allylic oxidation sites excluding steroid dienone is 1. The van der Waals surface area contributed by atoms with Crippen LogP contribution < -0.4 is 5.32 Å². The average molecular weight is 359 g/mol. The molecule has 1 aromatic rings. The molecular weight excluding hydrogens is 353 g/mol. The van der Waals surface area contributed by atoms with Gasteiger partial charge in [-0.15, -0.1) is 0 Å². The van der Waals surface area contributed by atoms with Gasteiger partial charge in [0.1, 0.15) is 17.7 Å². The fourth-order valence-corrected chi connectivity index (χ4v) is 2.57. The molecule has 0 aliphatic carbocycles. The van der Waals surface area contributed by atoms with Crippen molar-refractivity contribution in [3.05, 3.63) is 38.2 Å². The first kappa shape index (κ1) is 13.7. The van der Waals surface area contributed by atoms with E-state index in [-0.39, 0.29) is 10.0 Å². The highest BCUT2D eigenvalue weighted by molar-refractivity contribution is 9.11. The Labute approximate surface area is 115 Å². The second-order valence-corrected chi connectivity index (χ2v) is 4.75. The molecule has 6 heteroatoms. The van der Waals surface area contributed by atoms with Crippen LogP contribution in [0, 0.1) is 35.4 Å². The maximum Gasteiger partial charge on any atom is 0.153 e. The molecule has 0 saturated heterocycles. The van der Waals surface area contributed by atoms with Crippen molar-refractivity contribution < 1.29 is 4.39 Å². The van der Waals surface area contributed by atoms with Crippen molar-refractivity contribution in [1.29, 1.82) is 10.5 Å². The molecule has 0 fully saturated rings. The molecule has 0 heterocycles. The molecule has 3 nitrogen and oxygen atoms in total. The van der Waals surface area contributed by atoms with E-state index in [1.807, 2.05) is 0 Å². The van der Waals surface area contributed by atoms with Gasteiger partial charge in [0.25, 0.3) is 0 Å². The van der Waals surface area contributed by atoms with E-state index in [9.17, 15) is 4.39 Å². The number of hydrogen-bond acceptors (Lipinski definition) is 3. The molecule has 0 radical (unpaired) electrons. The van der Waals surface area contributed by atoms with Crippen molar-refractivity contribution >= 4 is 37.5 Å². The summed E-state index contributed by atoms with van der Waals surface area (Å²) in [5, 5.41) is 19.9. The number of aryl methyl sites for hydroxylation is 1. The highest BCUT2D eigenvalue weighted by Gasteiger charge is 2.12. The quantitative estimate of drug-likeness (QED) is 0.642. The normalized spacial score (nSPS) is 9.06. The minimum Gasteiger partial charge on any atom is -0.359 e. The van der Waals surface area contributed by atoms with Crippen LogP contribution in [-0.4, -0.2) is 0 Å². The minimum atomic E-state index is -0.443. The molecule has 0 atom stereocenters. The lowest BCUT2D eigenvalue weighted by Gasteiger charge is -2.10. The number of hydrogen-bond donors (Lipinski definition) is 1. The molecule has 17 heavy (non-hydrogen) atoms. The van der Waals surface area contributed by atoms with Gasteiger partial charge < -0.3 is 5.32 Å². The minimum absolute atomic E-state index is 0.0837. The van der Waals surface area contributed by atoms with E-state index >= 15 is 0 Å². The van der Waals surface area contributed by atoms with Crippen LogP contribution in [0.25, 0.3) is 0 Å². The zero-order chi connectivity index (χ0) is 13.0. The molecular formula is C11H6Br2FN3. The molecule has 1 aromatic carbocycles. The maximum absolute atomic E-state index is 13.6. The largest absolute Gasteiger partial charge is 0.359 e. The zero-order valence-electron chi connectivity index (χ0n) is 8.68. The number of nitriles is 2. The third-order valence-electron chi connectivity index (χ3n) is 1.96. The Hall–Kier alpha value is -1.37. The van der Waals surface area contributed by atoms with Gasteiger partial charge in [0.2, 0.25) is 0 Å². The Bertz CT molecular complexity index is 552. The average Bonchev–Trinajstić information content (AvgIpc) is 2.31. The first-order valence-corrected chi connectivity index (χ1v) is 6.00. The summed E-state index contributed by atoms with van der Waals surface area (Å²) >= 11 is 6.20. The zero-order valence-corrected chi connectivity index (χ0v) is 11.9. The second kappa shape index (κ2) is 5.81. The van der Waals surface area contributed by atoms with Crippen LogP contribution in [-0.2, 0) is 0 Å². The summed E-state index contributed by atoms with van der Waals surface area (Å²) in [7, 11) is 0. The fourth-order valence-electron chi connectivity index (χ4n) is 1.12. The lowest BCUT2D eigenvalue weighted by Crippen LogP contribution is -1.97. The molecule has 0 aliphatic rings. The number of rotatable bonds is 2. The number of nitrogens with zero attached hydrogens (tertiary/aromatic N) is 2. The van der Waals surface area contributed by atoms with Gasteiger partial charge in [-0.2, -0.15) is 10.5 Å². The van der Waals surface area contributed by atoms with Crippen LogP contribution in [0.4, 0.5) is 10.1 Å². The van der Waals surface area contributed by atoms with Crippen LogP contribution >= 0.6 is 31.9 Å². The summed E-state index contributed by atoms with van der Waals surface area (Å²) in [4.78, 5) is 0. The maximum atomic E-state index is 13.6. The summed E-state index contributed by atoms with van der Waals surface area (Å²) in [6, 6.07) is 5.02. The van der Waals surface area contributed by atoms with E-state index in [2.05, 4.69) is 37.2 Å². The summed E-state index contributed by atoms with van der Waals surface area (Å²) in [6.07, 6.45) is 1.24. The smallest absolute Gasteiger partial charge is 0.153 e. The van der Waals surface area contributed by atoms with Gasteiger partial charge in [-0.25, -0.2) is 4.39 Å². The number of halogens is 3. The predicted octanol–water partition coefficient (Wildman–Crippen LogP) is 4.00. The van der Waals surface area contributed by atoms with Crippen molar-refractivity contribution in [3.63, 3.8) is 0 Å². The van der Waals surface area contributed by atoms with Crippen LogP contribution in [0.3, 0.4) is 0 Å². The Balaban J connectivity index is 3.18. The SMILES string of the molecule is Cc1cc(Br)c(F)c(Br)c1NC=C(C#N)C#N. The van der Waals surface area contributed by atoms with Crippen LogP contribution in [0.1, 0.15) is 5.56 Å². The van der Waals surface area contributed by atoms with Gasteiger partial charge in [-0.3, -0.25) is 0 Å². The highest BCUT2D eigenvalue weighted by atomic mass is 79.9. The van der Waals surface area contributed by atoms with Gasteiger partial charge in [0.15, 0.2) is 5.82 Å². The predicted molar refractivity (Wildman–Crippen MR) is 69.5 cm³/mol. The molecule has 1 N–H and O–H groups in total. The summed E-state index contributed by atoms with van der Waals surface area (Å²) in [5.41, 5.74) is 1.17. The van der Waals surface area contributed by atoms with E-state index in [0.29, 0.717) is 10.2 Å². The van der Waals surface area contributed by atoms with E-state index in [1.165, 1.54) is 6.20 Å². The Kier molecular flexibility index (Phi) is 4.68. The van der Waals surface area contributed by atoms with Crippen molar-refractivity contribution in [2.75, 3.05) is 5.32 Å². The van der Waals surface area contributed by atoms with E-state index in [0.717, 1.165) is 5.56 Å². The van der Waals surface area contributed by atoms with E-state index in [4.69, 9.17) is 10.5 Å². The standard InChI is InChI=1S/C11H6Br2FN3/c1-6-2-8(12)10(14)9(13)11(6)17-5-7(3-15)4-16/h2,5,17H,1H3. The lowest BCUT2D eigenvalue weighted by atomic mass is 10.2. The molecule has 0 spiro atoms. The van der Waals surface area contributed by atoms with Gasteiger partial charge in [0, 0.05) is 6.20 Å². The van der Waals surface area contributed by atoms with Gasteiger partial charge in [0.05, 0.1) is 14.6 Å². The third-order valence-corrected chi connectivity index (χ3v) is 3.28. The van der Waals surface area contributed by atoms with Crippen LogP contribution in [0.15, 0.2) is 26.8 Å². The molecule has 0 unspecified atom stereocenters. The van der Waals surface area contributed by atoms with Gasteiger partial charge in [-0.05, 0) is 50.4 Å². The topological polar surface area (TPSA) is 59.6 Å².